The van der Waals surface area contributed by atoms with Crippen LogP contribution in [0.1, 0.15) is 72.9 Å². The summed E-state index contributed by atoms with van der Waals surface area (Å²) in [7, 11) is 0. The highest BCUT2D eigenvalue weighted by molar-refractivity contribution is 6.11. The fourth-order valence-electron chi connectivity index (χ4n) is 8.48. The van der Waals surface area contributed by atoms with Gasteiger partial charge >= 0.3 is 0 Å². The summed E-state index contributed by atoms with van der Waals surface area (Å²) in [5, 5.41) is 2.44. The van der Waals surface area contributed by atoms with E-state index in [0.717, 1.165) is 19.3 Å². The molecule has 0 amide bonds. The zero-order valence-corrected chi connectivity index (χ0v) is 26.7. The number of nitrogens with zero attached hydrogens (tertiary/aromatic N) is 3. The third-order valence-corrected chi connectivity index (χ3v) is 10.7. The van der Waals surface area contributed by atoms with E-state index in [2.05, 4.69) is 132 Å². The predicted octanol–water partition coefficient (Wildman–Crippen LogP) is 10.6. The fourth-order valence-corrected chi connectivity index (χ4v) is 8.48. The number of aromatic nitrogens is 3. The molecular formula is C43H37N3. The van der Waals surface area contributed by atoms with E-state index in [9.17, 15) is 0 Å². The molecule has 0 radical (unpaired) electrons. The van der Waals surface area contributed by atoms with Gasteiger partial charge in [-0.15, -0.1) is 0 Å². The topological polar surface area (TPSA) is 30.7 Å². The van der Waals surface area contributed by atoms with Crippen molar-refractivity contribution in [2.75, 3.05) is 0 Å². The molecule has 0 spiro atoms. The summed E-state index contributed by atoms with van der Waals surface area (Å²) in [6.45, 7) is 7.07. The SMILES string of the molecule is CCCc1cccc(C2CCc3cc4c(cc3-c3cnccc32)-c2cc3c5cnccc5n(-c5ccccc5)c3cc2C4(C)C)c1. The van der Waals surface area contributed by atoms with Crippen LogP contribution in [0.4, 0.5) is 0 Å². The van der Waals surface area contributed by atoms with Crippen molar-refractivity contribution in [3.63, 3.8) is 0 Å². The molecule has 9 rings (SSSR count). The van der Waals surface area contributed by atoms with E-state index >= 15 is 0 Å². The second-order valence-electron chi connectivity index (χ2n) is 13.7. The molecule has 46 heavy (non-hydrogen) atoms. The molecule has 3 aromatic heterocycles. The smallest absolute Gasteiger partial charge is 0.0571 e. The highest BCUT2D eigenvalue weighted by Gasteiger charge is 2.38. The zero-order valence-electron chi connectivity index (χ0n) is 26.7. The minimum atomic E-state index is -0.123. The number of hydrogen-bond donors (Lipinski definition) is 0. The second kappa shape index (κ2) is 10.3. The largest absolute Gasteiger partial charge is 0.309 e. The summed E-state index contributed by atoms with van der Waals surface area (Å²) in [6, 6.07) is 34.3. The first-order valence-electron chi connectivity index (χ1n) is 16.7. The molecule has 0 saturated carbocycles. The molecule has 0 aliphatic heterocycles. The van der Waals surface area contributed by atoms with Gasteiger partial charge in [0.1, 0.15) is 0 Å². The third kappa shape index (κ3) is 3.97. The van der Waals surface area contributed by atoms with Crippen molar-refractivity contribution >= 4 is 21.8 Å². The Bertz CT molecular complexity index is 2310. The Morgan fingerprint density at radius 1 is 0.717 bits per heavy atom. The standard InChI is InChI=1S/C43H37N3/c1-4-9-27-10-8-11-28(20-27)31-15-14-29-21-39-34(22-33(29)37-25-44-18-16-32(31)37)35-23-36-38-26-45-19-17-41(38)46(30-12-6-5-7-13-30)42(36)24-40(35)43(39,2)3/h5-8,10-13,16-26,31H,4,9,14-15H2,1-3H3. The van der Waals surface area contributed by atoms with E-state index in [1.54, 1.807) is 0 Å². The lowest BCUT2D eigenvalue weighted by Gasteiger charge is -2.23. The fraction of sp³-hybridized carbons (Fsp3) is 0.209. The number of para-hydroxylation sites is 1. The Balaban J connectivity index is 1.25. The predicted molar refractivity (Wildman–Crippen MR) is 190 cm³/mol. The van der Waals surface area contributed by atoms with Crippen LogP contribution in [0, 0.1) is 0 Å². The Morgan fingerprint density at radius 2 is 1.52 bits per heavy atom. The zero-order chi connectivity index (χ0) is 31.0. The summed E-state index contributed by atoms with van der Waals surface area (Å²) < 4.78 is 2.40. The summed E-state index contributed by atoms with van der Waals surface area (Å²) in [5.74, 6) is 0.355. The van der Waals surface area contributed by atoms with Crippen LogP contribution < -0.4 is 0 Å². The van der Waals surface area contributed by atoms with Crippen molar-refractivity contribution in [1.29, 1.82) is 0 Å². The van der Waals surface area contributed by atoms with Crippen LogP contribution >= 0.6 is 0 Å². The third-order valence-electron chi connectivity index (χ3n) is 10.7. The van der Waals surface area contributed by atoms with Crippen molar-refractivity contribution in [1.82, 2.24) is 14.5 Å². The van der Waals surface area contributed by atoms with Gasteiger partial charge in [-0.2, -0.15) is 0 Å². The minimum Gasteiger partial charge on any atom is -0.309 e. The molecular weight excluding hydrogens is 558 g/mol. The summed E-state index contributed by atoms with van der Waals surface area (Å²) >= 11 is 0. The van der Waals surface area contributed by atoms with Gasteiger partial charge in [0.25, 0.3) is 0 Å². The molecule has 0 fully saturated rings. The molecule has 7 aromatic rings. The minimum absolute atomic E-state index is 0.123. The molecule has 0 bridgehead atoms. The molecule has 2 aliphatic carbocycles. The lowest BCUT2D eigenvalue weighted by molar-refractivity contribution is 0.658. The molecule has 3 heteroatoms. The molecule has 3 nitrogen and oxygen atoms in total. The lowest BCUT2D eigenvalue weighted by atomic mass is 9.81. The van der Waals surface area contributed by atoms with Crippen LogP contribution in [0.5, 0.6) is 0 Å². The maximum Gasteiger partial charge on any atom is 0.0571 e. The van der Waals surface area contributed by atoms with Crippen molar-refractivity contribution in [2.45, 2.75) is 57.8 Å². The van der Waals surface area contributed by atoms with Crippen LogP contribution in [0.15, 0.2) is 116 Å². The maximum absolute atomic E-state index is 4.68. The van der Waals surface area contributed by atoms with Gasteiger partial charge in [-0.1, -0.05) is 75.7 Å². The van der Waals surface area contributed by atoms with Gasteiger partial charge < -0.3 is 4.57 Å². The van der Waals surface area contributed by atoms with Gasteiger partial charge in [-0.25, -0.2) is 0 Å². The van der Waals surface area contributed by atoms with Gasteiger partial charge in [0, 0.05) is 58.1 Å². The quantitative estimate of drug-likeness (QED) is 0.203. The van der Waals surface area contributed by atoms with Crippen molar-refractivity contribution < 1.29 is 0 Å². The van der Waals surface area contributed by atoms with E-state index in [1.165, 1.54) is 89.5 Å². The first kappa shape index (κ1) is 27.3. The van der Waals surface area contributed by atoms with E-state index in [4.69, 9.17) is 0 Å². The van der Waals surface area contributed by atoms with Gasteiger partial charge in [0.2, 0.25) is 0 Å². The van der Waals surface area contributed by atoms with Crippen molar-refractivity contribution in [2.24, 2.45) is 0 Å². The van der Waals surface area contributed by atoms with Gasteiger partial charge in [-0.05, 0) is 112 Å². The molecule has 3 heterocycles. The number of hydrogen-bond acceptors (Lipinski definition) is 2. The molecule has 4 aromatic carbocycles. The number of benzene rings is 4. The summed E-state index contributed by atoms with van der Waals surface area (Å²) in [6.07, 6.45) is 12.4. The normalized spacial score (nSPS) is 16.1. The van der Waals surface area contributed by atoms with Crippen LogP contribution in [0.2, 0.25) is 0 Å². The van der Waals surface area contributed by atoms with Gasteiger partial charge in [-0.3, -0.25) is 9.97 Å². The summed E-state index contributed by atoms with van der Waals surface area (Å²) in [4.78, 5) is 9.23. The Morgan fingerprint density at radius 3 is 2.39 bits per heavy atom. The van der Waals surface area contributed by atoms with E-state index in [1.807, 2.05) is 18.6 Å². The highest BCUT2D eigenvalue weighted by Crippen LogP contribution is 2.54. The second-order valence-corrected chi connectivity index (χ2v) is 13.7. The van der Waals surface area contributed by atoms with Crippen LogP contribution in [0.3, 0.4) is 0 Å². The average Bonchev–Trinajstić information content (AvgIpc) is 3.44. The van der Waals surface area contributed by atoms with Crippen LogP contribution in [0.25, 0.3) is 49.7 Å². The Kier molecular flexibility index (Phi) is 6.08. The Hall–Kier alpha value is -5.02. The molecule has 224 valence electrons. The average molecular weight is 596 g/mol. The van der Waals surface area contributed by atoms with Gasteiger partial charge in [0.05, 0.1) is 11.0 Å². The van der Waals surface area contributed by atoms with Gasteiger partial charge in [0.15, 0.2) is 0 Å². The molecule has 0 N–H and O–H groups in total. The molecule has 0 saturated heterocycles. The number of pyridine rings is 2. The van der Waals surface area contributed by atoms with E-state index in [0.29, 0.717) is 5.92 Å². The summed E-state index contributed by atoms with van der Waals surface area (Å²) in [5.41, 5.74) is 17.3. The first-order chi connectivity index (χ1) is 22.5. The molecule has 1 unspecified atom stereocenters. The number of aryl methyl sites for hydroxylation is 2. The Labute approximate surface area is 270 Å². The maximum atomic E-state index is 4.68. The highest BCUT2D eigenvalue weighted by atomic mass is 15.0. The van der Waals surface area contributed by atoms with Crippen LogP contribution in [-0.2, 0) is 18.3 Å². The monoisotopic (exact) mass is 595 g/mol. The molecule has 2 aliphatic rings. The van der Waals surface area contributed by atoms with E-state index in [-0.39, 0.29) is 5.41 Å². The number of fused-ring (bicyclic) bond motifs is 9. The van der Waals surface area contributed by atoms with Crippen molar-refractivity contribution in [3.05, 3.63) is 149 Å². The number of rotatable bonds is 4. The first-order valence-corrected chi connectivity index (χ1v) is 16.7. The van der Waals surface area contributed by atoms with Crippen LogP contribution in [-0.4, -0.2) is 14.5 Å². The lowest BCUT2D eigenvalue weighted by Crippen LogP contribution is -2.15. The molecule has 1 atom stereocenters. The van der Waals surface area contributed by atoms with E-state index < -0.39 is 0 Å². The van der Waals surface area contributed by atoms with Crippen molar-refractivity contribution in [3.8, 4) is 27.9 Å².